The molecule has 9 nitrogen and oxygen atoms in total. The van der Waals surface area contributed by atoms with E-state index < -0.39 is 36.3 Å². The third kappa shape index (κ3) is 5.74. The number of hydrogen-bond acceptors (Lipinski definition) is 5. The Balaban J connectivity index is 1.55. The van der Waals surface area contributed by atoms with E-state index in [1.807, 2.05) is 0 Å². The third-order valence-corrected chi connectivity index (χ3v) is 6.00. The van der Waals surface area contributed by atoms with E-state index in [1.54, 1.807) is 4.90 Å². The molecular weight excluding hydrogens is 525 g/mol. The van der Waals surface area contributed by atoms with Crippen molar-refractivity contribution in [3.05, 3.63) is 52.7 Å². The summed E-state index contributed by atoms with van der Waals surface area (Å²) in [5.74, 6) is -1.26. The summed E-state index contributed by atoms with van der Waals surface area (Å²) in [6.07, 6.45) is -5.97. The van der Waals surface area contributed by atoms with Crippen LogP contribution in [0.25, 0.3) is 11.3 Å². The van der Waals surface area contributed by atoms with Crippen molar-refractivity contribution >= 4 is 29.1 Å². The van der Waals surface area contributed by atoms with E-state index in [4.69, 9.17) is 11.6 Å². The Morgan fingerprint density at radius 1 is 1.22 bits per heavy atom. The minimum atomic E-state index is -4.92. The number of rotatable bonds is 6. The first-order valence-electron chi connectivity index (χ1n) is 11.0. The third-order valence-electron chi connectivity index (χ3n) is 5.68. The fraction of sp³-hybridized carbons (Fsp3) is 0.364. The second-order valence-electron chi connectivity index (χ2n) is 8.22. The highest BCUT2D eigenvalue weighted by Crippen LogP contribution is 2.36. The van der Waals surface area contributed by atoms with E-state index in [0.29, 0.717) is 30.9 Å². The zero-order valence-electron chi connectivity index (χ0n) is 19.3. The number of aromatic nitrogens is 4. The Kier molecular flexibility index (Phi) is 7.50. The molecule has 1 aliphatic heterocycles. The molecule has 0 atom stereocenters. The van der Waals surface area contributed by atoms with Crippen LogP contribution in [0.3, 0.4) is 0 Å². The molecule has 2 amide bonds. The lowest BCUT2D eigenvalue weighted by Crippen LogP contribution is -2.46. The van der Waals surface area contributed by atoms with Crippen LogP contribution in [0.5, 0.6) is 0 Å². The van der Waals surface area contributed by atoms with Crippen LogP contribution in [0.1, 0.15) is 26.7 Å². The zero-order chi connectivity index (χ0) is 26.9. The number of hydrogen-bond donors (Lipinski definition) is 2. The highest BCUT2D eigenvalue weighted by molar-refractivity contribution is 6.34. The van der Waals surface area contributed by atoms with Gasteiger partial charge in [-0.3, -0.25) is 14.3 Å². The van der Waals surface area contributed by atoms with E-state index >= 15 is 0 Å². The average Bonchev–Trinajstić information content (AvgIpc) is 3.42. The lowest BCUT2D eigenvalue weighted by molar-refractivity contribution is -0.141. The van der Waals surface area contributed by atoms with Gasteiger partial charge < -0.3 is 20.1 Å². The number of imidazole rings is 1. The minimum absolute atomic E-state index is 0.114. The summed E-state index contributed by atoms with van der Waals surface area (Å²) in [6, 6.07) is 4.33. The van der Waals surface area contributed by atoms with Crippen molar-refractivity contribution in [1.82, 2.24) is 29.5 Å². The molecule has 1 aromatic carbocycles. The number of nitrogens with zero attached hydrogens (tertiary/aromatic N) is 5. The zero-order valence-corrected chi connectivity index (χ0v) is 20.1. The van der Waals surface area contributed by atoms with Crippen LogP contribution in [0, 0.1) is 0 Å². The minimum Gasteiger partial charge on any atom is -0.336 e. The van der Waals surface area contributed by atoms with Gasteiger partial charge in [0, 0.05) is 45.1 Å². The maximum absolute atomic E-state index is 13.5. The molecule has 15 heteroatoms. The first kappa shape index (κ1) is 26.5. The molecule has 3 aromatic rings. The normalized spacial score (nSPS) is 14.3. The molecule has 2 aromatic heterocycles. The van der Waals surface area contributed by atoms with Crippen LogP contribution < -0.4 is 10.6 Å². The summed E-state index contributed by atoms with van der Waals surface area (Å²) in [7, 11) is 1.31. The van der Waals surface area contributed by atoms with Crippen molar-refractivity contribution < 1.29 is 31.5 Å². The summed E-state index contributed by atoms with van der Waals surface area (Å²) < 4.78 is 67.5. The number of benzene rings is 1. The van der Waals surface area contributed by atoms with Crippen molar-refractivity contribution in [1.29, 1.82) is 0 Å². The van der Waals surface area contributed by atoms with Gasteiger partial charge >= 0.3 is 6.18 Å². The van der Waals surface area contributed by atoms with Crippen LogP contribution in [0.4, 0.5) is 27.6 Å². The Morgan fingerprint density at radius 3 is 2.54 bits per heavy atom. The lowest BCUT2D eigenvalue weighted by Gasteiger charge is -2.27. The number of halogens is 6. The van der Waals surface area contributed by atoms with Crippen LogP contribution in [0.2, 0.25) is 5.02 Å². The van der Waals surface area contributed by atoms with Gasteiger partial charge in [-0.25, -0.2) is 13.8 Å². The Morgan fingerprint density at radius 2 is 1.92 bits per heavy atom. The summed E-state index contributed by atoms with van der Waals surface area (Å²) in [5, 5.41) is 9.05. The summed E-state index contributed by atoms with van der Waals surface area (Å²) in [5.41, 5.74) is -1.52. The molecule has 1 aliphatic rings. The van der Waals surface area contributed by atoms with Gasteiger partial charge in [0.05, 0.1) is 28.0 Å². The van der Waals surface area contributed by atoms with Gasteiger partial charge in [0.2, 0.25) is 0 Å². The standard InChI is InChI=1S/C22H21ClF5N7O2/c1-33-16(14-10-35(11-17(24)25)32-18(14)22(26,27)28)9-30-19(33)20(36)31-12-2-3-13(15(23)8-12)21(37)34-6-4-29-5-7-34/h2-3,8-10,17,29H,4-7,11H2,1H3,(H,31,36). The number of carbonyl (C=O) groups excluding carboxylic acids is 2. The van der Waals surface area contributed by atoms with Crippen LogP contribution in [0.15, 0.2) is 30.6 Å². The smallest absolute Gasteiger partial charge is 0.336 e. The van der Waals surface area contributed by atoms with E-state index in [0.717, 1.165) is 17.0 Å². The molecule has 0 unspecified atom stereocenters. The van der Waals surface area contributed by atoms with Gasteiger partial charge in [-0.05, 0) is 18.2 Å². The van der Waals surface area contributed by atoms with Crippen molar-refractivity contribution in [2.75, 3.05) is 31.5 Å². The summed E-state index contributed by atoms with van der Waals surface area (Å²) in [4.78, 5) is 31.1. The Hall–Kier alpha value is -3.52. The number of carbonyl (C=O) groups is 2. The van der Waals surface area contributed by atoms with Gasteiger partial charge in [0.1, 0.15) is 6.54 Å². The van der Waals surface area contributed by atoms with Crippen LogP contribution in [-0.4, -0.2) is 68.7 Å². The molecule has 0 bridgehead atoms. The maximum atomic E-state index is 13.5. The molecule has 198 valence electrons. The van der Waals surface area contributed by atoms with Gasteiger partial charge in [0.25, 0.3) is 18.2 Å². The van der Waals surface area contributed by atoms with Crippen molar-refractivity contribution in [3.8, 4) is 11.3 Å². The highest BCUT2D eigenvalue weighted by Gasteiger charge is 2.39. The van der Waals surface area contributed by atoms with Gasteiger partial charge in [-0.2, -0.15) is 18.3 Å². The van der Waals surface area contributed by atoms with Gasteiger partial charge in [0.15, 0.2) is 11.5 Å². The highest BCUT2D eigenvalue weighted by atomic mass is 35.5. The van der Waals surface area contributed by atoms with Gasteiger partial charge in [-0.15, -0.1) is 0 Å². The molecule has 0 spiro atoms. The van der Waals surface area contributed by atoms with Gasteiger partial charge in [-0.1, -0.05) is 11.6 Å². The average molecular weight is 546 g/mol. The van der Waals surface area contributed by atoms with Crippen LogP contribution in [-0.2, 0) is 19.8 Å². The monoisotopic (exact) mass is 545 g/mol. The molecule has 1 saturated heterocycles. The first-order valence-corrected chi connectivity index (χ1v) is 11.4. The molecule has 3 heterocycles. The molecule has 0 aliphatic carbocycles. The molecular formula is C22H21ClF5N7O2. The molecule has 4 rings (SSSR count). The number of alkyl halides is 5. The van der Waals surface area contributed by atoms with Crippen molar-refractivity contribution in [2.45, 2.75) is 19.1 Å². The number of amides is 2. The fourth-order valence-corrected chi connectivity index (χ4v) is 4.18. The quantitative estimate of drug-likeness (QED) is 0.462. The molecule has 0 saturated carbocycles. The molecule has 1 fully saturated rings. The maximum Gasteiger partial charge on any atom is 0.435 e. The van der Waals surface area contributed by atoms with E-state index in [-0.39, 0.29) is 33.7 Å². The molecule has 2 N–H and O–H groups in total. The second-order valence-corrected chi connectivity index (χ2v) is 8.63. The lowest BCUT2D eigenvalue weighted by atomic mass is 10.1. The van der Waals surface area contributed by atoms with Crippen molar-refractivity contribution in [3.63, 3.8) is 0 Å². The summed E-state index contributed by atoms with van der Waals surface area (Å²) >= 11 is 6.28. The first-order chi connectivity index (χ1) is 17.5. The van der Waals surface area contributed by atoms with Crippen LogP contribution >= 0.6 is 11.6 Å². The predicted molar refractivity (Wildman–Crippen MR) is 124 cm³/mol. The van der Waals surface area contributed by atoms with E-state index in [2.05, 4.69) is 20.7 Å². The largest absolute Gasteiger partial charge is 0.435 e. The number of anilines is 1. The molecule has 0 radical (unpaired) electrons. The topological polar surface area (TPSA) is 97.1 Å². The Bertz CT molecular complexity index is 1320. The summed E-state index contributed by atoms with van der Waals surface area (Å²) in [6.45, 7) is 1.38. The molecule has 37 heavy (non-hydrogen) atoms. The fourth-order valence-electron chi connectivity index (χ4n) is 3.92. The van der Waals surface area contributed by atoms with E-state index in [9.17, 15) is 31.5 Å². The predicted octanol–water partition coefficient (Wildman–Crippen LogP) is 3.52. The van der Waals surface area contributed by atoms with Crippen molar-refractivity contribution in [2.24, 2.45) is 7.05 Å². The number of piperazine rings is 1. The Labute approximate surface area is 212 Å². The number of nitrogens with one attached hydrogen (secondary N) is 2. The van der Waals surface area contributed by atoms with E-state index in [1.165, 1.54) is 25.2 Å². The second kappa shape index (κ2) is 10.5. The SMILES string of the molecule is Cn1c(-c2cn(CC(F)F)nc2C(F)(F)F)cnc1C(=O)Nc1ccc(C(=O)N2CCNCC2)c(Cl)c1.